The van der Waals surface area contributed by atoms with Crippen molar-refractivity contribution in [1.82, 2.24) is 9.55 Å². The van der Waals surface area contributed by atoms with E-state index in [0.29, 0.717) is 33.9 Å². The Morgan fingerprint density at radius 1 is 1.04 bits per heavy atom. The van der Waals surface area contributed by atoms with E-state index in [1.54, 1.807) is 28.0 Å². The molecule has 0 N–H and O–H groups in total. The lowest BCUT2D eigenvalue weighted by Gasteiger charge is -2.13. The predicted octanol–water partition coefficient (Wildman–Crippen LogP) is 5.27. The van der Waals surface area contributed by atoms with Crippen LogP contribution in [-0.2, 0) is 18.7 Å². The monoisotopic (exact) mass is 414 g/mol. The minimum atomic E-state index is -0.875. The van der Waals surface area contributed by atoms with Crippen molar-refractivity contribution in [3.8, 4) is 0 Å². The molecule has 0 fully saturated rings. The first-order valence-electron chi connectivity index (χ1n) is 8.70. The van der Waals surface area contributed by atoms with Crippen molar-refractivity contribution in [2.45, 2.75) is 23.9 Å². The Labute approximate surface area is 168 Å². The molecule has 0 aliphatic carbocycles. The first-order valence-corrected chi connectivity index (χ1v) is 10.6. The van der Waals surface area contributed by atoms with Crippen LogP contribution >= 0.6 is 23.1 Å². The molecule has 7 heteroatoms. The number of thiophene rings is 1. The topological polar surface area (TPSA) is 34.9 Å². The molecular weight excluding hydrogens is 398 g/mol. The second-order valence-corrected chi connectivity index (χ2v) is 8.21. The van der Waals surface area contributed by atoms with Crippen molar-refractivity contribution in [3.05, 3.63) is 92.4 Å². The van der Waals surface area contributed by atoms with Crippen molar-refractivity contribution in [1.29, 1.82) is 0 Å². The van der Waals surface area contributed by atoms with Gasteiger partial charge in [0.25, 0.3) is 5.56 Å². The fourth-order valence-electron chi connectivity index (χ4n) is 2.91. The summed E-state index contributed by atoms with van der Waals surface area (Å²) in [6.07, 6.45) is 0.732. The van der Waals surface area contributed by atoms with E-state index in [1.807, 2.05) is 35.7 Å². The lowest BCUT2D eigenvalue weighted by Crippen LogP contribution is -2.24. The van der Waals surface area contributed by atoms with Gasteiger partial charge in [-0.05, 0) is 47.7 Å². The lowest BCUT2D eigenvalue weighted by atomic mass is 10.2. The average Bonchev–Trinajstić information content (AvgIpc) is 3.22. The smallest absolute Gasteiger partial charge is 0.262 e. The largest absolute Gasteiger partial charge is 0.287 e. The zero-order valence-electron chi connectivity index (χ0n) is 14.8. The van der Waals surface area contributed by atoms with Crippen molar-refractivity contribution in [2.75, 3.05) is 0 Å². The number of para-hydroxylation sites is 1. The van der Waals surface area contributed by atoms with E-state index in [4.69, 9.17) is 0 Å². The maximum Gasteiger partial charge on any atom is 0.262 e. The van der Waals surface area contributed by atoms with Gasteiger partial charge in [0.2, 0.25) is 0 Å². The summed E-state index contributed by atoms with van der Waals surface area (Å²) in [5.41, 5.74) is 1.18. The summed E-state index contributed by atoms with van der Waals surface area (Å²) in [4.78, 5) is 18.9. The molecule has 2 aromatic carbocycles. The van der Waals surface area contributed by atoms with Crippen LogP contribution in [0.4, 0.5) is 8.78 Å². The van der Waals surface area contributed by atoms with E-state index < -0.39 is 11.6 Å². The zero-order valence-corrected chi connectivity index (χ0v) is 16.4. The van der Waals surface area contributed by atoms with Crippen LogP contribution in [0.15, 0.2) is 69.9 Å². The molecule has 4 aromatic rings. The Morgan fingerprint density at radius 2 is 1.89 bits per heavy atom. The summed E-state index contributed by atoms with van der Waals surface area (Å²) in [7, 11) is 0. The third kappa shape index (κ3) is 4.00. The lowest BCUT2D eigenvalue weighted by molar-refractivity contribution is 0.507. The van der Waals surface area contributed by atoms with Crippen LogP contribution in [0.2, 0.25) is 0 Å². The minimum absolute atomic E-state index is 0.0880. The molecule has 3 nitrogen and oxygen atoms in total. The standard InChI is InChI=1S/C21H16F2N2OS2/c22-17-8-7-14(12-18(17)23)13-28-21-24-19-6-2-1-5-16(19)20(26)25(21)10-9-15-4-3-11-27-15/h1-8,11-12H,9-10,13H2. The number of halogens is 2. The van der Waals surface area contributed by atoms with E-state index in [-0.39, 0.29) is 5.56 Å². The van der Waals surface area contributed by atoms with Crippen LogP contribution in [-0.4, -0.2) is 9.55 Å². The molecule has 2 aromatic heterocycles. The number of hydrogen-bond acceptors (Lipinski definition) is 4. The average molecular weight is 415 g/mol. The van der Waals surface area contributed by atoms with E-state index in [1.165, 1.54) is 22.7 Å². The van der Waals surface area contributed by atoms with Gasteiger partial charge in [0.05, 0.1) is 10.9 Å². The molecule has 0 aliphatic heterocycles. The van der Waals surface area contributed by atoms with Crippen LogP contribution in [0.25, 0.3) is 10.9 Å². The summed E-state index contributed by atoms with van der Waals surface area (Å²) in [5, 5.41) is 3.16. The van der Waals surface area contributed by atoms with Crippen LogP contribution in [0, 0.1) is 11.6 Å². The van der Waals surface area contributed by atoms with Crippen LogP contribution < -0.4 is 5.56 Å². The first-order chi connectivity index (χ1) is 13.6. The second kappa shape index (κ2) is 8.24. The first kappa shape index (κ1) is 18.8. The molecule has 0 bridgehead atoms. The molecule has 2 heterocycles. The van der Waals surface area contributed by atoms with Gasteiger partial charge in [0.1, 0.15) is 0 Å². The molecule has 0 aliphatic rings. The molecule has 0 radical (unpaired) electrons. The van der Waals surface area contributed by atoms with Crippen molar-refractivity contribution in [2.24, 2.45) is 0 Å². The molecule has 0 atom stereocenters. The highest BCUT2D eigenvalue weighted by atomic mass is 32.2. The van der Waals surface area contributed by atoms with Gasteiger partial charge in [0, 0.05) is 17.2 Å². The molecule has 4 rings (SSSR count). The molecule has 142 valence electrons. The van der Waals surface area contributed by atoms with Crippen molar-refractivity contribution >= 4 is 34.0 Å². The molecule has 0 unspecified atom stereocenters. The van der Waals surface area contributed by atoms with Gasteiger partial charge >= 0.3 is 0 Å². The van der Waals surface area contributed by atoms with E-state index in [0.717, 1.165) is 12.5 Å². The summed E-state index contributed by atoms with van der Waals surface area (Å²) in [6, 6.07) is 15.1. The number of nitrogens with zero attached hydrogens (tertiary/aromatic N) is 2. The fraction of sp³-hybridized carbons (Fsp3) is 0.143. The van der Waals surface area contributed by atoms with Gasteiger partial charge in [-0.15, -0.1) is 11.3 Å². The third-order valence-electron chi connectivity index (χ3n) is 4.34. The highest BCUT2D eigenvalue weighted by Gasteiger charge is 2.13. The Kier molecular flexibility index (Phi) is 5.54. The normalized spacial score (nSPS) is 11.2. The third-order valence-corrected chi connectivity index (χ3v) is 6.32. The van der Waals surface area contributed by atoms with Crippen LogP contribution in [0.3, 0.4) is 0 Å². The number of benzene rings is 2. The molecule has 28 heavy (non-hydrogen) atoms. The van der Waals surface area contributed by atoms with Gasteiger partial charge in [0.15, 0.2) is 16.8 Å². The molecule has 0 saturated heterocycles. The van der Waals surface area contributed by atoms with Gasteiger partial charge in [-0.2, -0.15) is 0 Å². The van der Waals surface area contributed by atoms with Gasteiger partial charge in [-0.1, -0.05) is 36.0 Å². The van der Waals surface area contributed by atoms with E-state index in [2.05, 4.69) is 4.98 Å². The highest BCUT2D eigenvalue weighted by molar-refractivity contribution is 7.98. The second-order valence-electron chi connectivity index (χ2n) is 6.23. The quantitative estimate of drug-likeness (QED) is 0.318. The number of rotatable bonds is 6. The van der Waals surface area contributed by atoms with Gasteiger partial charge < -0.3 is 0 Å². The van der Waals surface area contributed by atoms with Crippen molar-refractivity contribution in [3.63, 3.8) is 0 Å². The van der Waals surface area contributed by atoms with E-state index in [9.17, 15) is 13.6 Å². The molecule has 0 amide bonds. The molecule has 0 spiro atoms. The summed E-state index contributed by atoms with van der Waals surface area (Å²) in [6.45, 7) is 0.511. The maximum absolute atomic E-state index is 13.5. The number of aromatic nitrogens is 2. The van der Waals surface area contributed by atoms with Gasteiger partial charge in [-0.3, -0.25) is 9.36 Å². The van der Waals surface area contributed by atoms with Gasteiger partial charge in [-0.25, -0.2) is 13.8 Å². The summed E-state index contributed by atoms with van der Waals surface area (Å²) in [5.74, 6) is -1.36. The molecular formula is C21H16F2N2OS2. The molecule has 0 saturated carbocycles. The number of thioether (sulfide) groups is 1. The Balaban J connectivity index is 1.67. The number of aryl methyl sites for hydroxylation is 1. The van der Waals surface area contributed by atoms with Crippen LogP contribution in [0.5, 0.6) is 0 Å². The summed E-state index contributed by atoms with van der Waals surface area (Å²) < 4.78 is 28.3. The van der Waals surface area contributed by atoms with Crippen LogP contribution in [0.1, 0.15) is 10.4 Å². The van der Waals surface area contributed by atoms with E-state index >= 15 is 0 Å². The SMILES string of the molecule is O=c1c2ccccc2nc(SCc2ccc(F)c(F)c2)n1CCc1cccs1. The summed E-state index contributed by atoms with van der Waals surface area (Å²) >= 11 is 3.00. The maximum atomic E-state index is 13.5. The number of hydrogen-bond donors (Lipinski definition) is 0. The zero-order chi connectivity index (χ0) is 19.5. The Bertz CT molecular complexity index is 1170. The fourth-order valence-corrected chi connectivity index (χ4v) is 4.58. The Morgan fingerprint density at radius 3 is 2.68 bits per heavy atom. The Hall–Kier alpha value is -2.51. The minimum Gasteiger partial charge on any atom is -0.287 e. The highest BCUT2D eigenvalue weighted by Crippen LogP contribution is 2.23. The predicted molar refractivity (Wildman–Crippen MR) is 110 cm³/mol. The number of fused-ring (bicyclic) bond motifs is 1. The van der Waals surface area contributed by atoms with Crippen molar-refractivity contribution < 1.29 is 8.78 Å².